The van der Waals surface area contributed by atoms with Crippen molar-refractivity contribution in [3.05, 3.63) is 16.4 Å². The highest BCUT2D eigenvalue weighted by molar-refractivity contribution is 5.90. The molecular formula is C13H21N2O5+. The van der Waals surface area contributed by atoms with Crippen molar-refractivity contribution in [2.24, 2.45) is 0 Å². The Kier molecular flexibility index (Phi) is 5.92. The number of carbonyl (C=O) groups is 1. The Morgan fingerprint density at radius 2 is 2.00 bits per heavy atom. The lowest BCUT2D eigenvalue weighted by molar-refractivity contribution is -0.139. The molecule has 1 unspecified atom stereocenters. The summed E-state index contributed by atoms with van der Waals surface area (Å²) in [4.78, 5) is 14.4. The maximum Gasteiger partial charge on any atom is 0.508 e. The Bertz CT molecular complexity index is 421. The predicted molar refractivity (Wildman–Crippen MR) is 70.2 cm³/mol. The molecular weight excluding hydrogens is 264 g/mol. The van der Waals surface area contributed by atoms with Gasteiger partial charge in [0.15, 0.2) is 11.1 Å². The van der Waals surface area contributed by atoms with Crippen LogP contribution in [0, 0.1) is 5.39 Å². The zero-order chi connectivity index (χ0) is 15.2. The van der Waals surface area contributed by atoms with Gasteiger partial charge in [0.1, 0.15) is 0 Å². The minimum atomic E-state index is -1.28. The van der Waals surface area contributed by atoms with Gasteiger partial charge in [-0.3, -0.25) is 0 Å². The van der Waals surface area contributed by atoms with Crippen LogP contribution in [0.1, 0.15) is 39.0 Å². The van der Waals surface area contributed by atoms with Crippen LogP contribution in [0.15, 0.2) is 11.5 Å². The van der Waals surface area contributed by atoms with E-state index in [1.807, 2.05) is 0 Å². The fraction of sp³-hybridized carbons (Fsp3) is 0.769. The second-order valence-electron chi connectivity index (χ2n) is 4.83. The fourth-order valence-corrected chi connectivity index (χ4v) is 2.53. The van der Waals surface area contributed by atoms with Crippen LogP contribution >= 0.6 is 0 Å². The average Bonchev–Trinajstić information content (AvgIpc) is 2.41. The number of nitrogens with zero attached hydrogens (tertiary/aromatic N) is 2. The minimum Gasteiger partial charge on any atom is -0.503 e. The lowest BCUT2D eigenvalue weighted by atomic mass is 9.79. The summed E-state index contributed by atoms with van der Waals surface area (Å²) >= 11 is 0. The van der Waals surface area contributed by atoms with Crippen molar-refractivity contribution >= 4 is 5.97 Å². The van der Waals surface area contributed by atoms with Crippen LogP contribution < -0.4 is 0 Å². The molecule has 0 bridgehead atoms. The summed E-state index contributed by atoms with van der Waals surface area (Å²) in [7, 11) is 1.31. The molecule has 0 aromatic carbocycles. The molecule has 0 aliphatic heterocycles. The van der Waals surface area contributed by atoms with Gasteiger partial charge in [0.2, 0.25) is 11.2 Å². The van der Waals surface area contributed by atoms with Crippen molar-refractivity contribution in [2.45, 2.75) is 50.7 Å². The summed E-state index contributed by atoms with van der Waals surface area (Å²) in [6.07, 6.45) is 2.36. The number of methoxy groups -OCH3 is 1. The molecule has 0 radical (unpaired) electrons. The monoisotopic (exact) mass is 285 g/mol. The molecule has 0 saturated heterocycles. The van der Waals surface area contributed by atoms with Crippen LogP contribution in [0.25, 0.3) is 4.98 Å². The van der Waals surface area contributed by atoms with E-state index in [4.69, 9.17) is 10.1 Å². The van der Waals surface area contributed by atoms with E-state index >= 15 is 0 Å². The molecule has 1 aliphatic rings. The van der Waals surface area contributed by atoms with Crippen molar-refractivity contribution < 1.29 is 24.5 Å². The summed E-state index contributed by atoms with van der Waals surface area (Å²) in [5.41, 5.74) is -1.92. The van der Waals surface area contributed by atoms with E-state index in [2.05, 4.69) is 9.71 Å². The first-order valence-corrected chi connectivity index (χ1v) is 6.70. The maximum absolute atomic E-state index is 11.6. The molecule has 1 aliphatic carbocycles. The third-order valence-corrected chi connectivity index (χ3v) is 3.50. The van der Waals surface area contributed by atoms with Crippen LogP contribution in [-0.4, -0.2) is 41.6 Å². The van der Waals surface area contributed by atoms with Gasteiger partial charge in [-0.05, 0) is 19.8 Å². The maximum atomic E-state index is 11.6. The molecule has 0 aromatic heterocycles. The standard InChI is InChI=1S/C13H20N2O5/c1-3-20-12(17)9(15-14)10(16)11(19-2)13(18)7-5-4-6-8-13/h11,18H,3-8H2,1-2H3/p+1. The van der Waals surface area contributed by atoms with Gasteiger partial charge in [-0.2, -0.15) is 0 Å². The van der Waals surface area contributed by atoms with Gasteiger partial charge in [-0.25, -0.2) is 4.79 Å². The normalized spacial score (nSPS) is 20.5. The average molecular weight is 285 g/mol. The largest absolute Gasteiger partial charge is 0.508 e. The number of rotatable bonds is 5. The van der Waals surface area contributed by atoms with E-state index < -0.39 is 29.1 Å². The van der Waals surface area contributed by atoms with Gasteiger partial charge in [0, 0.05) is 7.11 Å². The fourth-order valence-electron chi connectivity index (χ4n) is 2.53. The van der Waals surface area contributed by atoms with Crippen molar-refractivity contribution in [1.29, 1.82) is 5.39 Å². The molecule has 0 amide bonds. The zero-order valence-electron chi connectivity index (χ0n) is 11.8. The first-order chi connectivity index (χ1) is 9.50. The number of carbonyl (C=O) groups excluding carboxylic acids is 1. The Morgan fingerprint density at radius 3 is 2.45 bits per heavy atom. The van der Waals surface area contributed by atoms with Crippen LogP contribution in [0.4, 0.5) is 0 Å². The number of aliphatic hydroxyl groups excluding tert-OH is 1. The molecule has 1 fully saturated rings. The van der Waals surface area contributed by atoms with E-state index in [0.29, 0.717) is 12.8 Å². The quantitative estimate of drug-likeness (QED) is 0.346. The summed E-state index contributed by atoms with van der Waals surface area (Å²) in [6, 6.07) is 0. The zero-order valence-corrected chi connectivity index (χ0v) is 11.8. The summed E-state index contributed by atoms with van der Waals surface area (Å²) in [6.45, 7) is 1.67. The third kappa shape index (κ3) is 3.46. The number of ether oxygens (including phenoxy) is 2. The molecule has 2 N–H and O–H groups in total. The Morgan fingerprint density at radius 1 is 1.40 bits per heavy atom. The van der Waals surface area contributed by atoms with Crippen molar-refractivity contribution in [3.8, 4) is 0 Å². The van der Waals surface area contributed by atoms with Crippen LogP contribution in [-0.2, 0) is 14.3 Å². The number of hydrogen-bond donors (Lipinski definition) is 2. The number of diazo groups is 1. The second kappa shape index (κ2) is 7.22. The highest BCUT2D eigenvalue weighted by Gasteiger charge is 2.46. The molecule has 1 rings (SSSR count). The second-order valence-corrected chi connectivity index (χ2v) is 4.83. The molecule has 0 aromatic rings. The van der Waals surface area contributed by atoms with E-state index in [-0.39, 0.29) is 6.61 Å². The Hall–Kier alpha value is -1.65. The summed E-state index contributed by atoms with van der Waals surface area (Å²) in [5.74, 6) is -1.58. The minimum absolute atomic E-state index is 0.0764. The highest BCUT2D eigenvalue weighted by atomic mass is 16.5. The van der Waals surface area contributed by atoms with E-state index in [1.165, 1.54) is 7.11 Å². The molecule has 112 valence electrons. The van der Waals surface area contributed by atoms with Gasteiger partial charge >= 0.3 is 11.7 Å². The first kappa shape index (κ1) is 16.4. The van der Waals surface area contributed by atoms with Crippen LogP contribution in [0.2, 0.25) is 0 Å². The predicted octanol–water partition coefficient (Wildman–Crippen LogP) is 1.88. The lowest BCUT2D eigenvalue weighted by Gasteiger charge is -2.37. The van der Waals surface area contributed by atoms with Gasteiger partial charge < -0.3 is 19.7 Å². The Balaban J connectivity index is 3.08. The molecule has 7 nitrogen and oxygen atoms in total. The molecule has 0 spiro atoms. The SMILES string of the molecule is CCOC(=O)/C([N+]#N)=C(\O)C(OC)C1(O)CCCCC1. The van der Waals surface area contributed by atoms with E-state index in [1.54, 1.807) is 6.92 Å². The Labute approximate surface area is 117 Å². The molecule has 0 heterocycles. The lowest BCUT2D eigenvalue weighted by Crippen LogP contribution is -2.46. The van der Waals surface area contributed by atoms with Crippen LogP contribution in [0.3, 0.4) is 0 Å². The van der Waals surface area contributed by atoms with Gasteiger partial charge in [0.05, 0.1) is 12.2 Å². The topological polar surface area (TPSA) is 104 Å². The summed E-state index contributed by atoms with van der Waals surface area (Å²) < 4.78 is 9.81. The van der Waals surface area contributed by atoms with Crippen molar-refractivity contribution in [2.75, 3.05) is 13.7 Å². The first-order valence-electron chi connectivity index (χ1n) is 6.70. The third-order valence-electron chi connectivity index (χ3n) is 3.50. The number of aliphatic hydroxyl groups is 2. The van der Waals surface area contributed by atoms with Gasteiger partial charge in [-0.15, -0.1) is 0 Å². The number of hydrogen-bond acceptors (Lipinski definition) is 6. The molecule has 7 heteroatoms. The van der Waals surface area contributed by atoms with Crippen molar-refractivity contribution in [3.63, 3.8) is 0 Å². The van der Waals surface area contributed by atoms with Gasteiger partial charge in [0.25, 0.3) is 0 Å². The van der Waals surface area contributed by atoms with Crippen LogP contribution in [0.5, 0.6) is 0 Å². The summed E-state index contributed by atoms with van der Waals surface area (Å²) in [5, 5.41) is 29.6. The molecule has 1 atom stereocenters. The molecule has 1 saturated carbocycles. The van der Waals surface area contributed by atoms with E-state index in [9.17, 15) is 15.0 Å². The van der Waals surface area contributed by atoms with E-state index in [0.717, 1.165) is 19.3 Å². The van der Waals surface area contributed by atoms with Crippen molar-refractivity contribution in [1.82, 2.24) is 0 Å². The smallest absolute Gasteiger partial charge is 0.503 e. The highest BCUT2D eigenvalue weighted by Crippen LogP contribution is 2.35. The molecule has 20 heavy (non-hydrogen) atoms. The van der Waals surface area contributed by atoms with Gasteiger partial charge in [-0.1, -0.05) is 19.3 Å². The number of esters is 1.